The number of nitrogens with one attached hydrogen (secondary N) is 1. The summed E-state index contributed by atoms with van der Waals surface area (Å²) in [5.74, 6) is -0.221. The Morgan fingerprint density at radius 2 is 2.05 bits per heavy atom. The van der Waals surface area contributed by atoms with E-state index < -0.39 is 18.0 Å². The van der Waals surface area contributed by atoms with Gasteiger partial charge in [-0.2, -0.15) is 0 Å². The molecule has 1 amide bonds. The summed E-state index contributed by atoms with van der Waals surface area (Å²) in [7, 11) is 1.53. The van der Waals surface area contributed by atoms with Crippen LogP contribution in [0.15, 0.2) is 55.0 Å². The average Bonchev–Trinajstić information content (AvgIpc) is 3.33. The van der Waals surface area contributed by atoms with E-state index in [-0.39, 0.29) is 25.4 Å². The molecule has 0 saturated carbocycles. The third kappa shape index (κ3) is 6.02. The van der Waals surface area contributed by atoms with Crippen molar-refractivity contribution in [3.63, 3.8) is 0 Å². The summed E-state index contributed by atoms with van der Waals surface area (Å²) in [5.41, 5.74) is 4.00. The number of carbonyl (C=O) groups excluding carboxylic acids is 1. The number of benzene rings is 2. The molecule has 5 rings (SSSR count). The maximum Gasteiger partial charge on any atom is 0.412 e. The van der Waals surface area contributed by atoms with E-state index in [0.717, 1.165) is 11.1 Å². The van der Waals surface area contributed by atoms with Gasteiger partial charge in [-0.1, -0.05) is 0 Å². The number of fused-ring (bicyclic) bond motifs is 2. The van der Waals surface area contributed by atoms with Gasteiger partial charge in [0.05, 0.1) is 46.4 Å². The Balaban J connectivity index is 1.35. The molecule has 2 N–H and O–H groups in total. The monoisotopic (exact) mass is 549 g/mol. The molecular weight excluding hydrogens is 525 g/mol. The zero-order valence-electron chi connectivity index (χ0n) is 21.1. The molecule has 0 saturated heterocycles. The number of thiazole rings is 1. The number of hydrogen-bond donors (Lipinski definition) is 2. The van der Waals surface area contributed by atoms with Crippen molar-refractivity contribution < 1.29 is 28.5 Å². The van der Waals surface area contributed by atoms with Gasteiger partial charge in [0, 0.05) is 36.9 Å². The molecule has 5 aromatic rings. The second-order valence-electron chi connectivity index (χ2n) is 8.58. The van der Waals surface area contributed by atoms with Crippen molar-refractivity contribution >= 4 is 44.4 Å². The van der Waals surface area contributed by atoms with Gasteiger partial charge < -0.3 is 19.3 Å². The molecule has 3 aromatic heterocycles. The quantitative estimate of drug-likeness (QED) is 0.257. The number of aromatic nitrogens is 4. The van der Waals surface area contributed by atoms with Crippen LogP contribution < -0.4 is 14.8 Å². The minimum atomic E-state index is -0.812. The minimum Gasteiger partial charge on any atom is -0.487 e. The van der Waals surface area contributed by atoms with Crippen molar-refractivity contribution in [3.8, 4) is 22.2 Å². The van der Waals surface area contributed by atoms with Crippen LogP contribution in [0.25, 0.3) is 31.8 Å². The second kappa shape index (κ2) is 11.5. The lowest BCUT2D eigenvalue weighted by Crippen LogP contribution is -2.28. The highest BCUT2D eigenvalue weighted by Gasteiger charge is 2.19. The number of pyridine rings is 1. The Hall–Kier alpha value is -4.42. The summed E-state index contributed by atoms with van der Waals surface area (Å²) in [6, 6.07) is 10.1. The standard InChI is InChI=1S/C27H24FN5O5S/c1-15-8-18(25-21(9-15)32-24(36-2)13-30-25)26-33-20-10-19(28)22(11-23(20)39-26)37-14-17(5-7-34)38-27(35)31-16-4-3-6-29-12-16/h3-4,6,8-13,17,34H,5,7,14H2,1-2H3,(H,31,35). The van der Waals surface area contributed by atoms with Crippen molar-refractivity contribution in [1.82, 2.24) is 19.9 Å². The Morgan fingerprint density at radius 3 is 2.82 bits per heavy atom. The van der Waals surface area contributed by atoms with Crippen LogP contribution in [0.5, 0.6) is 11.6 Å². The van der Waals surface area contributed by atoms with Gasteiger partial charge in [0.25, 0.3) is 0 Å². The first-order valence-corrected chi connectivity index (χ1v) is 12.8. The Bertz CT molecular complexity index is 1630. The Morgan fingerprint density at radius 1 is 1.18 bits per heavy atom. The Labute approximate surface area is 226 Å². The van der Waals surface area contributed by atoms with Gasteiger partial charge in [0.2, 0.25) is 5.88 Å². The number of methoxy groups -OCH3 is 1. The van der Waals surface area contributed by atoms with E-state index >= 15 is 0 Å². The molecule has 12 heteroatoms. The zero-order valence-corrected chi connectivity index (χ0v) is 21.9. The lowest BCUT2D eigenvalue weighted by Gasteiger charge is -2.18. The van der Waals surface area contributed by atoms with E-state index in [1.165, 1.54) is 30.7 Å². The molecule has 1 unspecified atom stereocenters. The van der Waals surface area contributed by atoms with Crippen LogP contribution in [0, 0.1) is 12.7 Å². The van der Waals surface area contributed by atoms with Crippen molar-refractivity contribution in [2.75, 3.05) is 25.6 Å². The van der Waals surface area contributed by atoms with Crippen molar-refractivity contribution in [2.45, 2.75) is 19.4 Å². The van der Waals surface area contributed by atoms with Crippen LogP contribution in [0.3, 0.4) is 0 Å². The van der Waals surface area contributed by atoms with Crippen LogP contribution in [-0.4, -0.2) is 57.6 Å². The first-order chi connectivity index (χ1) is 18.9. The fraction of sp³-hybridized carbons (Fsp3) is 0.222. The van der Waals surface area contributed by atoms with Crippen molar-refractivity contribution in [2.24, 2.45) is 0 Å². The van der Waals surface area contributed by atoms with Crippen LogP contribution in [-0.2, 0) is 4.74 Å². The van der Waals surface area contributed by atoms with Crippen LogP contribution in [0.4, 0.5) is 14.9 Å². The van der Waals surface area contributed by atoms with Gasteiger partial charge in [-0.25, -0.2) is 24.1 Å². The molecule has 0 spiro atoms. The topological polar surface area (TPSA) is 129 Å². The lowest BCUT2D eigenvalue weighted by atomic mass is 10.1. The normalized spacial score (nSPS) is 11.9. The summed E-state index contributed by atoms with van der Waals surface area (Å²) in [6.45, 7) is 1.55. The summed E-state index contributed by atoms with van der Waals surface area (Å²) < 4.78 is 31.9. The predicted molar refractivity (Wildman–Crippen MR) is 145 cm³/mol. The molecule has 2 aromatic carbocycles. The number of carbonyl (C=O) groups is 1. The molecule has 10 nitrogen and oxygen atoms in total. The molecule has 0 aliphatic rings. The van der Waals surface area contributed by atoms with Crippen LogP contribution in [0.2, 0.25) is 0 Å². The molecule has 39 heavy (non-hydrogen) atoms. The number of hydrogen-bond acceptors (Lipinski definition) is 10. The molecule has 0 fully saturated rings. The molecule has 0 bridgehead atoms. The molecule has 0 radical (unpaired) electrons. The van der Waals surface area contributed by atoms with Gasteiger partial charge in [0.15, 0.2) is 11.6 Å². The summed E-state index contributed by atoms with van der Waals surface area (Å²) >= 11 is 1.37. The number of aliphatic hydroxyl groups excluding tert-OH is 1. The summed E-state index contributed by atoms with van der Waals surface area (Å²) in [5, 5.41) is 12.6. The predicted octanol–water partition coefficient (Wildman–Crippen LogP) is 5.14. The number of amides is 1. The van der Waals surface area contributed by atoms with Crippen molar-refractivity contribution in [3.05, 3.63) is 66.4 Å². The number of halogens is 1. The van der Waals surface area contributed by atoms with E-state index in [9.17, 15) is 14.3 Å². The average molecular weight is 550 g/mol. The van der Waals surface area contributed by atoms with Crippen molar-refractivity contribution in [1.29, 1.82) is 0 Å². The number of rotatable bonds is 9. The van der Waals surface area contributed by atoms with Gasteiger partial charge in [-0.15, -0.1) is 11.3 Å². The highest BCUT2D eigenvalue weighted by molar-refractivity contribution is 7.21. The number of nitrogens with zero attached hydrogens (tertiary/aromatic N) is 4. The molecule has 200 valence electrons. The third-order valence-corrected chi connectivity index (χ3v) is 6.76. The maximum absolute atomic E-state index is 14.9. The van der Waals surface area contributed by atoms with Gasteiger partial charge in [0.1, 0.15) is 17.7 Å². The SMILES string of the molecule is COc1cnc2c(-c3nc4cc(F)c(OCC(CCO)OC(=O)Nc5cccnc5)cc4s3)cc(C)cc2n1. The first kappa shape index (κ1) is 26.2. The van der Waals surface area contributed by atoms with Gasteiger partial charge >= 0.3 is 6.09 Å². The zero-order chi connectivity index (χ0) is 27.4. The van der Waals surface area contributed by atoms with Gasteiger partial charge in [-0.3, -0.25) is 10.3 Å². The highest BCUT2D eigenvalue weighted by Crippen LogP contribution is 2.37. The van der Waals surface area contributed by atoms with Gasteiger partial charge in [-0.05, 0) is 36.8 Å². The Kier molecular flexibility index (Phi) is 7.75. The van der Waals surface area contributed by atoms with E-state index in [0.29, 0.717) is 37.8 Å². The largest absolute Gasteiger partial charge is 0.487 e. The number of aryl methyl sites for hydroxylation is 1. The molecule has 1 atom stereocenters. The molecular formula is C27H24FN5O5S. The van der Waals surface area contributed by atoms with E-state index in [1.807, 2.05) is 19.1 Å². The summed E-state index contributed by atoms with van der Waals surface area (Å²) in [6.07, 6.45) is 3.15. The lowest BCUT2D eigenvalue weighted by molar-refractivity contribution is 0.0569. The maximum atomic E-state index is 14.9. The molecule has 0 aliphatic carbocycles. The minimum absolute atomic E-state index is 0.0180. The number of anilines is 1. The third-order valence-electron chi connectivity index (χ3n) is 5.71. The first-order valence-electron chi connectivity index (χ1n) is 12.0. The van der Waals surface area contributed by atoms with E-state index in [4.69, 9.17) is 14.2 Å². The number of aliphatic hydroxyl groups is 1. The van der Waals surface area contributed by atoms with Crippen LogP contribution >= 0.6 is 11.3 Å². The summed E-state index contributed by atoms with van der Waals surface area (Å²) in [4.78, 5) is 29.8. The molecule has 3 heterocycles. The smallest absolute Gasteiger partial charge is 0.412 e. The second-order valence-corrected chi connectivity index (χ2v) is 9.61. The van der Waals surface area contributed by atoms with E-state index in [1.54, 1.807) is 30.6 Å². The fourth-order valence-electron chi connectivity index (χ4n) is 3.90. The fourth-order valence-corrected chi connectivity index (χ4v) is 4.90. The number of ether oxygens (including phenoxy) is 3. The molecule has 0 aliphatic heterocycles. The van der Waals surface area contributed by atoms with E-state index in [2.05, 4.69) is 25.3 Å². The van der Waals surface area contributed by atoms with Crippen LogP contribution in [0.1, 0.15) is 12.0 Å². The highest BCUT2D eigenvalue weighted by atomic mass is 32.1.